The third-order valence-electron chi connectivity index (χ3n) is 2.30. The highest BCUT2D eigenvalue weighted by molar-refractivity contribution is 5.79. The standard InChI is InChI=1S/C14H22N2O3/c1-14(2,3)15-9-13(18)10-19-16-8-11-4-6-12(17)7-5-11/h4-8,13,15,17-18H,9-10H2,1-3H3/b16-8+. The fourth-order valence-corrected chi connectivity index (χ4v) is 1.27. The topological polar surface area (TPSA) is 74.1 Å². The summed E-state index contributed by atoms with van der Waals surface area (Å²) in [5.41, 5.74) is 0.788. The molecule has 5 heteroatoms. The molecular formula is C14H22N2O3. The highest BCUT2D eigenvalue weighted by Gasteiger charge is 2.12. The van der Waals surface area contributed by atoms with Gasteiger partial charge >= 0.3 is 0 Å². The molecule has 3 N–H and O–H groups in total. The molecule has 0 aromatic heterocycles. The number of aliphatic hydroxyl groups excluding tert-OH is 1. The summed E-state index contributed by atoms with van der Waals surface area (Å²) in [6.07, 6.45) is 0.930. The number of hydrogen-bond acceptors (Lipinski definition) is 5. The molecule has 0 saturated heterocycles. The molecule has 0 heterocycles. The molecule has 0 amide bonds. The summed E-state index contributed by atoms with van der Waals surface area (Å²) in [7, 11) is 0. The van der Waals surface area contributed by atoms with Crippen LogP contribution < -0.4 is 5.32 Å². The van der Waals surface area contributed by atoms with Crippen molar-refractivity contribution >= 4 is 6.21 Å². The molecule has 19 heavy (non-hydrogen) atoms. The molecule has 5 nitrogen and oxygen atoms in total. The molecule has 1 aromatic rings. The van der Waals surface area contributed by atoms with Crippen LogP contribution in [0.3, 0.4) is 0 Å². The minimum absolute atomic E-state index is 0.0315. The van der Waals surface area contributed by atoms with Crippen molar-refractivity contribution in [2.45, 2.75) is 32.4 Å². The summed E-state index contributed by atoms with van der Waals surface area (Å²) in [4.78, 5) is 5.01. The fourth-order valence-electron chi connectivity index (χ4n) is 1.27. The minimum Gasteiger partial charge on any atom is -0.508 e. The van der Waals surface area contributed by atoms with Crippen molar-refractivity contribution in [3.8, 4) is 5.75 Å². The number of hydrogen-bond donors (Lipinski definition) is 3. The zero-order valence-electron chi connectivity index (χ0n) is 11.6. The molecule has 0 aliphatic rings. The van der Waals surface area contributed by atoms with Crippen LogP contribution in [0.5, 0.6) is 5.75 Å². The maximum absolute atomic E-state index is 9.65. The van der Waals surface area contributed by atoms with Gasteiger partial charge in [0.1, 0.15) is 18.5 Å². The van der Waals surface area contributed by atoms with Crippen molar-refractivity contribution in [3.63, 3.8) is 0 Å². The van der Waals surface area contributed by atoms with Crippen LogP contribution in [0.15, 0.2) is 29.4 Å². The third kappa shape index (κ3) is 7.43. The van der Waals surface area contributed by atoms with E-state index < -0.39 is 6.10 Å². The van der Waals surface area contributed by atoms with E-state index in [2.05, 4.69) is 10.5 Å². The Balaban J connectivity index is 2.24. The van der Waals surface area contributed by atoms with Crippen molar-refractivity contribution in [1.82, 2.24) is 5.32 Å². The summed E-state index contributed by atoms with van der Waals surface area (Å²) in [5.74, 6) is 0.210. The zero-order valence-corrected chi connectivity index (χ0v) is 11.6. The summed E-state index contributed by atoms with van der Waals surface area (Å²) < 4.78 is 0. The average molecular weight is 266 g/mol. The summed E-state index contributed by atoms with van der Waals surface area (Å²) in [6, 6.07) is 6.59. The Kier molecular flexibility index (Phi) is 5.79. The van der Waals surface area contributed by atoms with Gasteiger partial charge in [-0.2, -0.15) is 0 Å². The average Bonchev–Trinajstić information content (AvgIpc) is 2.33. The van der Waals surface area contributed by atoms with Gasteiger partial charge in [-0.3, -0.25) is 0 Å². The van der Waals surface area contributed by atoms with E-state index in [9.17, 15) is 5.11 Å². The first-order chi connectivity index (χ1) is 8.87. The van der Waals surface area contributed by atoms with Gasteiger partial charge in [-0.1, -0.05) is 5.16 Å². The molecule has 1 unspecified atom stereocenters. The van der Waals surface area contributed by atoms with Crippen molar-refractivity contribution in [1.29, 1.82) is 0 Å². The third-order valence-corrected chi connectivity index (χ3v) is 2.30. The smallest absolute Gasteiger partial charge is 0.144 e. The van der Waals surface area contributed by atoms with E-state index in [-0.39, 0.29) is 17.9 Å². The first kappa shape index (κ1) is 15.5. The lowest BCUT2D eigenvalue weighted by atomic mass is 10.1. The van der Waals surface area contributed by atoms with Crippen LogP contribution in [0.1, 0.15) is 26.3 Å². The van der Waals surface area contributed by atoms with E-state index >= 15 is 0 Å². The predicted octanol–water partition coefficient (Wildman–Crippen LogP) is 1.49. The summed E-state index contributed by atoms with van der Waals surface area (Å²) in [6.45, 7) is 6.69. The second-order valence-electron chi connectivity index (χ2n) is 5.41. The highest BCUT2D eigenvalue weighted by Crippen LogP contribution is 2.07. The number of benzene rings is 1. The molecule has 0 spiro atoms. The molecule has 0 fully saturated rings. The Labute approximate surface area is 113 Å². The van der Waals surface area contributed by atoms with Crippen LogP contribution in [0.2, 0.25) is 0 Å². The van der Waals surface area contributed by atoms with Gasteiger partial charge in [-0.05, 0) is 50.6 Å². The molecule has 0 aliphatic heterocycles. The molecule has 1 rings (SSSR count). The van der Waals surface area contributed by atoms with Crippen LogP contribution in [0.4, 0.5) is 0 Å². The van der Waals surface area contributed by atoms with E-state index in [0.717, 1.165) is 5.56 Å². The van der Waals surface area contributed by atoms with E-state index in [1.807, 2.05) is 20.8 Å². The molecule has 0 saturated carbocycles. The molecule has 0 radical (unpaired) electrons. The first-order valence-corrected chi connectivity index (χ1v) is 6.24. The molecule has 0 bridgehead atoms. The van der Waals surface area contributed by atoms with E-state index in [1.165, 1.54) is 6.21 Å². The lowest BCUT2D eigenvalue weighted by Gasteiger charge is -2.22. The number of oxime groups is 1. The second kappa shape index (κ2) is 7.11. The number of phenols is 1. The van der Waals surface area contributed by atoms with Gasteiger partial charge in [0, 0.05) is 12.1 Å². The monoisotopic (exact) mass is 266 g/mol. The van der Waals surface area contributed by atoms with Crippen molar-refractivity contribution in [3.05, 3.63) is 29.8 Å². The SMILES string of the molecule is CC(C)(C)NCC(O)CO/N=C/c1ccc(O)cc1. The molecule has 106 valence electrons. The van der Waals surface area contributed by atoms with Gasteiger partial charge in [0.05, 0.1) is 6.21 Å². The lowest BCUT2D eigenvalue weighted by Crippen LogP contribution is -2.42. The number of phenolic OH excluding ortho intramolecular Hbond substituents is 1. The summed E-state index contributed by atoms with van der Waals surface area (Å²) >= 11 is 0. The van der Waals surface area contributed by atoms with Crippen LogP contribution in [-0.4, -0.2) is 41.2 Å². The summed E-state index contributed by atoms with van der Waals surface area (Å²) in [5, 5.41) is 25.7. The molecule has 1 atom stereocenters. The molecule has 1 aromatic carbocycles. The predicted molar refractivity (Wildman–Crippen MR) is 75.4 cm³/mol. The fraction of sp³-hybridized carbons (Fsp3) is 0.500. The number of aliphatic hydroxyl groups is 1. The zero-order chi connectivity index (χ0) is 14.3. The number of nitrogens with one attached hydrogen (secondary N) is 1. The van der Waals surface area contributed by atoms with Crippen LogP contribution >= 0.6 is 0 Å². The van der Waals surface area contributed by atoms with Gasteiger partial charge in [0.25, 0.3) is 0 Å². The molecule has 0 aliphatic carbocycles. The maximum Gasteiger partial charge on any atom is 0.144 e. The Morgan fingerprint density at radius 2 is 1.95 bits per heavy atom. The normalized spacial score (nSPS) is 13.7. The maximum atomic E-state index is 9.65. The Bertz CT molecular complexity index is 396. The van der Waals surface area contributed by atoms with Crippen LogP contribution in [-0.2, 0) is 4.84 Å². The van der Waals surface area contributed by atoms with Gasteiger partial charge in [-0.25, -0.2) is 0 Å². The van der Waals surface area contributed by atoms with Gasteiger partial charge in [0.15, 0.2) is 0 Å². The van der Waals surface area contributed by atoms with Crippen molar-refractivity contribution in [2.24, 2.45) is 5.16 Å². The van der Waals surface area contributed by atoms with E-state index in [4.69, 9.17) is 9.94 Å². The molecular weight excluding hydrogens is 244 g/mol. The van der Waals surface area contributed by atoms with Crippen molar-refractivity contribution < 1.29 is 15.1 Å². The first-order valence-electron chi connectivity index (χ1n) is 6.24. The Hall–Kier alpha value is -1.59. The Morgan fingerprint density at radius 3 is 2.53 bits per heavy atom. The van der Waals surface area contributed by atoms with Crippen LogP contribution in [0.25, 0.3) is 0 Å². The highest BCUT2D eigenvalue weighted by atomic mass is 16.6. The number of β-amino-alcohol motifs (C(OH)–C–C–N with tert-alkyl or cyclic N) is 1. The van der Waals surface area contributed by atoms with E-state index in [0.29, 0.717) is 6.54 Å². The minimum atomic E-state index is -0.601. The number of nitrogens with zero attached hydrogens (tertiary/aromatic N) is 1. The van der Waals surface area contributed by atoms with Crippen molar-refractivity contribution in [2.75, 3.05) is 13.2 Å². The lowest BCUT2D eigenvalue weighted by molar-refractivity contribution is 0.0379. The number of aromatic hydroxyl groups is 1. The quantitative estimate of drug-likeness (QED) is 0.539. The second-order valence-corrected chi connectivity index (χ2v) is 5.41. The van der Waals surface area contributed by atoms with Gasteiger partial charge in [-0.15, -0.1) is 0 Å². The van der Waals surface area contributed by atoms with Crippen LogP contribution in [0, 0.1) is 0 Å². The Morgan fingerprint density at radius 1 is 1.32 bits per heavy atom. The largest absolute Gasteiger partial charge is 0.508 e. The van der Waals surface area contributed by atoms with E-state index in [1.54, 1.807) is 24.3 Å². The van der Waals surface area contributed by atoms with Gasteiger partial charge in [0.2, 0.25) is 0 Å². The number of rotatable bonds is 6. The van der Waals surface area contributed by atoms with Gasteiger partial charge < -0.3 is 20.4 Å².